The molecule has 0 saturated carbocycles. The molecule has 0 amide bonds. The number of hydrogen-bond acceptors (Lipinski definition) is 5. The van der Waals surface area contributed by atoms with Gasteiger partial charge in [0.2, 0.25) is 0 Å². The number of pyridine rings is 1. The summed E-state index contributed by atoms with van der Waals surface area (Å²) in [6.07, 6.45) is 2.86. The van der Waals surface area contributed by atoms with Gasteiger partial charge in [-0.1, -0.05) is 55.5 Å². The molecule has 1 N–H and O–H groups in total. The van der Waals surface area contributed by atoms with Crippen LogP contribution in [-0.4, -0.2) is 29.1 Å². The van der Waals surface area contributed by atoms with Crippen molar-refractivity contribution in [3.05, 3.63) is 90.1 Å². The maximum Gasteiger partial charge on any atom is 0.166 e. The Morgan fingerprint density at radius 2 is 1.76 bits per heavy atom. The van der Waals surface area contributed by atoms with E-state index >= 15 is 0 Å². The number of aliphatic hydroxyl groups is 1. The highest BCUT2D eigenvalue weighted by Crippen LogP contribution is 2.43. The summed E-state index contributed by atoms with van der Waals surface area (Å²) in [6.45, 7) is 4.16. The molecule has 168 valence electrons. The topological polar surface area (TPSA) is 62.7 Å². The fourth-order valence-electron chi connectivity index (χ4n) is 4.04. The first kappa shape index (κ1) is 22.5. The Kier molecular flexibility index (Phi) is 7.01. The summed E-state index contributed by atoms with van der Waals surface area (Å²) in [4.78, 5) is 20.1. The van der Waals surface area contributed by atoms with Crippen LogP contribution in [0.4, 0.5) is 17.1 Å². The molecule has 0 atom stereocenters. The van der Waals surface area contributed by atoms with Crippen LogP contribution in [0.3, 0.4) is 0 Å². The van der Waals surface area contributed by atoms with Gasteiger partial charge in [-0.3, -0.25) is 9.78 Å². The Labute approximate surface area is 194 Å². The summed E-state index contributed by atoms with van der Waals surface area (Å²) in [6, 6.07) is 23.9. The first-order valence-electron chi connectivity index (χ1n) is 11.2. The van der Waals surface area contributed by atoms with Gasteiger partial charge < -0.3 is 14.7 Å². The van der Waals surface area contributed by atoms with Gasteiger partial charge in [-0.15, -0.1) is 0 Å². The van der Waals surface area contributed by atoms with E-state index in [0.29, 0.717) is 23.3 Å². The lowest BCUT2D eigenvalue weighted by Gasteiger charge is -2.30. The number of nitrogens with zero attached hydrogens (tertiary/aromatic N) is 2. The summed E-state index contributed by atoms with van der Waals surface area (Å²) in [5.41, 5.74) is 5.05. The number of anilines is 3. The molecule has 0 aliphatic heterocycles. The molecule has 5 heteroatoms. The zero-order valence-corrected chi connectivity index (χ0v) is 19.0. The van der Waals surface area contributed by atoms with Crippen molar-refractivity contribution in [3.63, 3.8) is 0 Å². The number of aromatic nitrogens is 1. The van der Waals surface area contributed by atoms with Crippen molar-refractivity contribution in [2.75, 3.05) is 18.1 Å². The number of para-hydroxylation sites is 3. The van der Waals surface area contributed by atoms with E-state index < -0.39 is 0 Å². The first-order chi connectivity index (χ1) is 16.2. The summed E-state index contributed by atoms with van der Waals surface area (Å²) < 4.78 is 5.77. The average Bonchev–Trinajstić information content (AvgIpc) is 2.85. The van der Waals surface area contributed by atoms with Gasteiger partial charge in [-0.2, -0.15) is 0 Å². The Morgan fingerprint density at radius 3 is 2.48 bits per heavy atom. The van der Waals surface area contributed by atoms with Crippen molar-refractivity contribution >= 4 is 33.7 Å². The second-order valence-electron chi connectivity index (χ2n) is 7.88. The van der Waals surface area contributed by atoms with Crippen molar-refractivity contribution in [1.29, 1.82) is 0 Å². The zero-order chi connectivity index (χ0) is 23.2. The minimum absolute atomic E-state index is 0.0538. The molecule has 0 aliphatic rings. The van der Waals surface area contributed by atoms with Crippen LogP contribution in [-0.2, 0) is 0 Å². The van der Waals surface area contributed by atoms with E-state index in [1.165, 1.54) is 0 Å². The molecule has 5 nitrogen and oxygen atoms in total. The molecule has 0 unspecified atom stereocenters. The van der Waals surface area contributed by atoms with Crippen LogP contribution >= 0.6 is 0 Å². The number of carbonyl (C=O) groups is 1. The van der Waals surface area contributed by atoms with E-state index in [4.69, 9.17) is 4.74 Å². The number of fused-ring (bicyclic) bond motifs is 1. The lowest BCUT2D eigenvalue weighted by atomic mass is 10.00. The number of carbonyl (C=O) groups excluding carboxylic acids is 1. The normalized spacial score (nSPS) is 10.9. The van der Waals surface area contributed by atoms with Gasteiger partial charge in [0.15, 0.2) is 5.78 Å². The van der Waals surface area contributed by atoms with Gasteiger partial charge >= 0.3 is 0 Å². The smallest absolute Gasteiger partial charge is 0.166 e. The van der Waals surface area contributed by atoms with Crippen LogP contribution in [0, 0.1) is 6.92 Å². The van der Waals surface area contributed by atoms with Crippen molar-refractivity contribution in [3.8, 4) is 5.75 Å². The quantitative estimate of drug-likeness (QED) is 0.307. The maximum absolute atomic E-state index is 13.3. The third-order valence-electron chi connectivity index (χ3n) is 5.55. The fraction of sp³-hybridized carbons (Fsp3) is 0.214. The van der Waals surface area contributed by atoms with Crippen molar-refractivity contribution in [2.45, 2.75) is 26.7 Å². The Bertz CT molecular complexity index is 1250. The highest BCUT2D eigenvalue weighted by Gasteiger charge is 2.24. The van der Waals surface area contributed by atoms with Crippen molar-refractivity contribution < 1.29 is 14.6 Å². The molecule has 3 aromatic carbocycles. The van der Waals surface area contributed by atoms with Crippen LogP contribution in [0.25, 0.3) is 10.9 Å². The van der Waals surface area contributed by atoms with Gasteiger partial charge in [-0.25, -0.2) is 0 Å². The predicted molar refractivity (Wildman–Crippen MR) is 133 cm³/mol. The number of aryl methyl sites for hydroxylation is 1. The molecule has 1 heterocycles. The summed E-state index contributed by atoms with van der Waals surface area (Å²) >= 11 is 0. The highest BCUT2D eigenvalue weighted by molar-refractivity contribution is 6.11. The van der Waals surface area contributed by atoms with E-state index in [9.17, 15) is 9.90 Å². The monoisotopic (exact) mass is 440 g/mol. The van der Waals surface area contributed by atoms with Crippen molar-refractivity contribution in [1.82, 2.24) is 4.98 Å². The Hall–Kier alpha value is -3.70. The summed E-state index contributed by atoms with van der Waals surface area (Å²) in [5, 5.41) is 10.1. The molecule has 33 heavy (non-hydrogen) atoms. The minimum atomic E-state index is -0.0876. The predicted octanol–water partition coefficient (Wildman–Crippen LogP) is 6.37. The summed E-state index contributed by atoms with van der Waals surface area (Å²) in [5.74, 6) is 0.633. The minimum Gasteiger partial charge on any atom is -0.489 e. The number of aliphatic hydroxyl groups excluding tert-OH is 1. The Morgan fingerprint density at radius 1 is 1.00 bits per heavy atom. The van der Waals surface area contributed by atoms with Gasteiger partial charge in [0.05, 0.1) is 17.9 Å². The number of Topliss-reactive ketones (excluding diaryl/α,β-unsaturated/α-hetero) is 1. The standard InChI is InChI=1S/C28H28N2O3/c1-3-10-25(32)23-19-29-27-22(14-9-16-26(27)33-18-17-31)28(23)30(21-12-5-4-6-13-21)24-15-8-7-11-20(24)2/h4-9,11-16,19,31H,3,10,17-18H2,1-2H3. The maximum atomic E-state index is 13.3. The average molecular weight is 441 g/mol. The van der Waals surface area contributed by atoms with Gasteiger partial charge in [0.25, 0.3) is 0 Å². The van der Waals surface area contributed by atoms with E-state index in [0.717, 1.165) is 34.4 Å². The fourth-order valence-corrected chi connectivity index (χ4v) is 4.04. The molecule has 0 spiro atoms. The summed E-state index contributed by atoms with van der Waals surface area (Å²) in [7, 11) is 0. The van der Waals surface area contributed by atoms with Crippen LogP contribution in [0.15, 0.2) is 79.0 Å². The third-order valence-corrected chi connectivity index (χ3v) is 5.55. The van der Waals surface area contributed by atoms with E-state index in [2.05, 4.69) is 28.9 Å². The second-order valence-corrected chi connectivity index (χ2v) is 7.88. The van der Waals surface area contributed by atoms with Gasteiger partial charge in [0, 0.05) is 29.4 Å². The molecule has 0 bridgehead atoms. The first-order valence-corrected chi connectivity index (χ1v) is 11.2. The molecular formula is C28H28N2O3. The molecule has 1 aromatic heterocycles. The van der Waals surface area contributed by atoms with Crippen LogP contribution in [0.1, 0.15) is 35.7 Å². The molecule has 4 rings (SSSR count). The molecule has 4 aromatic rings. The number of rotatable bonds is 9. The SMILES string of the molecule is CCCC(=O)c1cnc2c(OCCO)cccc2c1N(c1ccccc1)c1ccccc1C. The van der Waals surface area contributed by atoms with E-state index in [1.807, 2.05) is 67.6 Å². The van der Waals surface area contributed by atoms with E-state index in [-0.39, 0.29) is 19.0 Å². The number of benzene rings is 3. The Balaban J connectivity index is 2.07. The number of ether oxygens (including phenoxy) is 1. The molecule has 0 saturated heterocycles. The second kappa shape index (κ2) is 10.3. The molecule has 0 radical (unpaired) electrons. The van der Waals surface area contributed by atoms with Crippen molar-refractivity contribution in [2.24, 2.45) is 0 Å². The largest absolute Gasteiger partial charge is 0.489 e. The molecular weight excluding hydrogens is 412 g/mol. The zero-order valence-electron chi connectivity index (χ0n) is 19.0. The van der Waals surface area contributed by atoms with Crippen LogP contribution in [0.5, 0.6) is 5.75 Å². The van der Waals surface area contributed by atoms with Crippen LogP contribution in [0.2, 0.25) is 0 Å². The lowest BCUT2D eigenvalue weighted by Crippen LogP contribution is -2.16. The van der Waals surface area contributed by atoms with Gasteiger partial charge in [0.1, 0.15) is 17.9 Å². The number of ketones is 1. The molecule has 0 aliphatic carbocycles. The van der Waals surface area contributed by atoms with Crippen LogP contribution < -0.4 is 9.64 Å². The lowest BCUT2D eigenvalue weighted by molar-refractivity contribution is 0.0982. The number of hydrogen-bond donors (Lipinski definition) is 1. The van der Waals surface area contributed by atoms with E-state index in [1.54, 1.807) is 6.20 Å². The van der Waals surface area contributed by atoms with Gasteiger partial charge in [-0.05, 0) is 43.2 Å². The third kappa shape index (κ3) is 4.59. The molecule has 0 fully saturated rings. The highest BCUT2D eigenvalue weighted by atomic mass is 16.5.